The average molecular weight is 1530 g/mol. The Morgan fingerprint density at radius 3 is 2.18 bits per heavy atom. The van der Waals surface area contributed by atoms with Gasteiger partial charge in [-0.15, -0.1) is 42.1 Å². The molecule has 6 heterocycles. The Kier molecular flexibility index (Phi) is 34.0. The number of carbonyl (C=O) groups is 8. The molecule has 0 bridgehead atoms. The van der Waals surface area contributed by atoms with Crippen LogP contribution in [0.4, 0.5) is 10.6 Å². The Balaban J connectivity index is 0.0000106. The van der Waals surface area contributed by atoms with E-state index in [9.17, 15) is 74.4 Å². The molecule has 20 unspecified atom stereocenters. The number of amides is 8. The van der Waals surface area contributed by atoms with Crippen molar-refractivity contribution in [3.05, 3.63) is 51.4 Å². The number of aromatic nitrogens is 5. The first-order chi connectivity index (χ1) is 46.3. The van der Waals surface area contributed by atoms with E-state index in [0.717, 1.165) is 12.5 Å². The molecule has 0 spiro atoms. The van der Waals surface area contributed by atoms with Crippen molar-refractivity contribution in [2.45, 2.75) is 169 Å². The number of H-pyrrole nitrogens is 1. The number of unbranched alkanes of at least 4 members (excludes halogenated alkanes) is 1. The molecule has 0 aliphatic carbocycles. The number of thioether (sulfide) groups is 1. The number of aliphatic hydroxyl groups is 6. The van der Waals surface area contributed by atoms with Crippen LogP contribution < -0.4 is 82.2 Å². The second kappa shape index (κ2) is 39.9. The summed E-state index contributed by atoms with van der Waals surface area (Å²) in [7, 11) is 0. The van der Waals surface area contributed by atoms with Crippen LogP contribution in [-0.2, 0) is 64.7 Å². The Bertz CT molecular complexity index is 3300. The van der Waals surface area contributed by atoms with Crippen molar-refractivity contribution < 1.29 is 120 Å². The molecule has 8 amide bonds. The molecule has 2 fully saturated rings. The number of nitrogens with zero attached hydrogens (tertiary/aromatic N) is 6. The monoisotopic (exact) mass is 1520 g/mol. The summed E-state index contributed by atoms with van der Waals surface area (Å²) >= 11 is 2.68. The molecule has 41 nitrogen and oxygen atoms in total. The van der Waals surface area contributed by atoms with Crippen molar-refractivity contribution in [1.82, 2.24) is 56.8 Å². The number of hydrogen-bond acceptors (Lipinski definition) is 32. The number of aromatic amines is 1. The maximum atomic E-state index is 15.2. The topological polar surface area (TPSA) is 697 Å². The minimum absolute atomic E-state index is 0. The smallest absolute Gasteiger partial charge is 0.853 e. The SMILES string of the molecule is Cc1c(N)nc(C(CC(N)=O)NCC(N)C(N)=O)nc1C(=O)NC(C(=O)NC(C)C(O)C(C)C(=O)NC(C(=O)NCCC1=NC(c2nc(C(=O)NCCCCN=C(N)N)cs2)CS1)C(C)O)C(OC1OC(CO)C(O)C(O)C1OC1OC(C[O-])C([O-])C(OC(N)=O)C1O)c1cnc[nH]1.Cl.[Cu+2]. The quantitative estimate of drug-likeness (QED) is 0.0111. The predicted octanol–water partition coefficient (Wildman–Crippen LogP) is -9.85. The molecule has 1 radical (unpaired) electrons. The number of thiazole rings is 1. The zero-order chi connectivity index (χ0) is 72.4. The molecule has 3 aliphatic rings. The van der Waals surface area contributed by atoms with Gasteiger partial charge in [0.25, 0.3) is 11.8 Å². The summed E-state index contributed by atoms with van der Waals surface area (Å²) in [6.45, 7) is 3.10. The van der Waals surface area contributed by atoms with Gasteiger partial charge >= 0.3 is 23.2 Å². The number of halogens is 1. The molecule has 45 heteroatoms. The van der Waals surface area contributed by atoms with Crippen LogP contribution in [0.3, 0.4) is 0 Å². The summed E-state index contributed by atoms with van der Waals surface area (Å²) in [4.78, 5) is 135. The standard InChI is InChI=1S/C55H84N20O21S2.ClH.Cu/c1-19-32(72-45(75-43(19)58)24(11-30(57)79)67-12-23(56)44(59)85)49(89)74-34(40(25-13-63-18-68-25)94-53-42(38(83)36(81)28(14-76)93-53)95-52-39(84)41(96-55(62)91)37(82)29(15-77)92-52)50(90)69-21(3)35(80)20(2)46(86)73-33(22(4)78)48(88)65-10-7-31-70-27(17-97-31)51-71-26(16-98-51)47(87)64-8-5-6-9-66-54(60)61;;/h13,16,18,20-24,27-29,33-42,52-53,67,76,78,80-81,83-84H,5-12,14-15,17,56H2,1-4H3,(H2,57,79)(H2,59,85)(H2,62,91)(H,63,68)(H,64,87)(H,65,88)(H,69,90)(H,73,86)(H,74,89)(H2,58,72,75)(H4,60,61,66);1H;/q-2;;+2. The van der Waals surface area contributed by atoms with Crippen LogP contribution in [0, 0.1) is 12.8 Å². The van der Waals surface area contributed by atoms with Gasteiger partial charge in [-0.1, -0.05) is 13.0 Å². The molecule has 561 valence electrons. The van der Waals surface area contributed by atoms with Gasteiger partial charge in [0.1, 0.15) is 88.9 Å². The van der Waals surface area contributed by atoms with Gasteiger partial charge in [0.15, 0.2) is 18.5 Å². The number of primary amides is 3. The van der Waals surface area contributed by atoms with Crippen molar-refractivity contribution in [2.24, 2.45) is 50.3 Å². The van der Waals surface area contributed by atoms with Gasteiger partial charge in [-0.2, -0.15) is 0 Å². The second-order valence-electron chi connectivity index (χ2n) is 23.0. The van der Waals surface area contributed by atoms with E-state index >= 15 is 4.79 Å². The van der Waals surface area contributed by atoms with Crippen LogP contribution in [0.1, 0.15) is 108 Å². The van der Waals surface area contributed by atoms with Gasteiger partial charge in [-0.3, -0.25) is 43.5 Å². The first-order valence-corrected chi connectivity index (χ1v) is 32.4. The van der Waals surface area contributed by atoms with Crippen molar-refractivity contribution in [1.29, 1.82) is 0 Å². The fourth-order valence-electron chi connectivity index (χ4n) is 10.1. The molecular weight excluding hydrogens is 1440 g/mol. The molecule has 20 atom stereocenters. The molecule has 3 aliphatic heterocycles. The number of aliphatic hydroxyl groups excluding tert-OH is 6. The molecule has 27 N–H and O–H groups in total. The molecular formula is C55H85ClCuN20O21S2. The molecule has 3 aromatic heterocycles. The summed E-state index contributed by atoms with van der Waals surface area (Å²) in [5.41, 5.74) is 38.1. The van der Waals surface area contributed by atoms with Gasteiger partial charge in [0, 0.05) is 61.8 Å². The summed E-state index contributed by atoms with van der Waals surface area (Å²) in [5, 5.41) is 111. The van der Waals surface area contributed by atoms with Gasteiger partial charge in [0.05, 0.1) is 66.1 Å². The Labute approximate surface area is 595 Å². The van der Waals surface area contributed by atoms with E-state index < -0.39 is 183 Å². The number of aliphatic imine (C=N–C) groups is 2. The normalized spacial score (nSPS) is 24.6. The van der Waals surface area contributed by atoms with Gasteiger partial charge < -0.3 is 142 Å². The number of anilines is 1. The largest absolute Gasteiger partial charge is 2.00 e. The number of nitrogens with two attached hydrogens (primary N) is 7. The van der Waals surface area contributed by atoms with Crippen molar-refractivity contribution in [3.8, 4) is 0 Å². The molecule has 100 heavy (non-hydrogen) atoms. The summed E-state index contributed by atoms with van der Waals surface area (Å²) < 4.78 is 28.4. The van der Waals surface area contributed by atoms with E-state index in [0.29, 0.717) is 41.7 Å². The first-order valence-electron chi connectivity index (χ1n) is 30.6. The van der Waals surface area contributed by atoms with Crippen LogP contribution in [0.5, 0.6) is 0 Å². The second-order valence-corrected chi connectivity index (χ2v) is 25.0. The maximum Gasteiger partial charge on any atom is 2.00 e. The third-order valence-corrected chi connectivity index (χ3v) is 17.7. The Morgan fingerprint density at radius 1 is 0.860 bits per heavy atom. The van der Waals surface area contributed by atoms with Crippen LogP contribution in [0.15, 0.2) is 27.9 Å². The molecule has 2 saturated heterocycles. The number of nitrogen functional groups attached to an aromatic ring is 1. The van der Waals surface area contributed by atoms with Crippen LogP contribution in [0.25, 0.3) is 0 Å². The molecule has 0 saturated carbocycles. The van der Waals surface area contributed by atoms with E-state index in [1.165, 1.54) is 50.8 Å². The van der Waals surface area contributed by atoms with E-state index in [-0.39, 0.29) is 95.5 Å². The number of hydrogen-bond donors (Lipinski definition) is 20. The number of ether oxygens (including phenoxy) is 5. The predicted molar refractivity (Wildman–Crippen MR) is 345 cm³/mol. The van der Waals surface area contributed by atoms with Gasteiger partial charge in [-0.25, -0.2) is 24.7 Å². The molecule has 3 aromatic rings. The maximum absolute atomic E-state index is 15.2. The third kappa shape index (κ3) is 23.2. The number of nitrogens with one attached hydrogen (secondary N) is 7. The third-order valence-electron chi connectivity index (χ3n) is 15.6. The van der Waals surface area contributed by atoms with Crippen LogP contribution >= 0.6 is 35.5 Å². The minimum atomic E-state index is -2.27. The van der Waals surface area contributed by atoms with Gasteiger partial charge in [-0.05, 0) is 33.6 Å². The Morgan fingerprint density at radius 2 is 1.56 bits per heavy atom. The van der Waals surface area contributed by atoms with E-state index in [2.05, 4.69) is 61.8 Å². The minimum Gasteiger partial charge on any atom is -0.853 e. The number of rotatable bonds is 36. The average Bonchev–Trinajstić information content (AvgIpc) is 0.920. The number of imidazole rings is 1. The van der Waals surface area contributed by atoms with E-state index in [1.54, 1.807) is 5.38 Å². The van der Waals surface area contributed by atoms with Gasteiger partial charge in [0.2, 0.25) is 29.5 Å². The zero-order valence-electron chi connectivity index (χ0n) is 54.1. The van der Waals surface area contributed by atoms with Crippen LogP contribution in [-0.4, -0.2) is 257 Å². The summed E-state index contributed by atoms with van der Waals surface area (Å²) in [6.07, 6.45) is -24.9. The van der Waals surface area contributed by atoms with Crippen LogP contribution in [0.2, 0.25) is 0 Å². The number of guanidine groups is 1. The fraction of sp³-hybridized carbons (Fsp3) is 0.636. The summed E-state index contributed by atoms with van der Waals surface area (Å²) in [5.74, 6) is -8.34. The van der Waals surface area contributed by atoms with Crippen molar-refractivity contribution in [2.75, 3.05) is 50.9 Å². The van der Waals surface area contributed by atoms with E-state index in [1.807, 2.05) is 0 Å². The first kappa shape index (κ1) is 85.2. The van der Waals surface area contributed by atoms with Crippen molar-refractivity contribution >= 4 is 99.8 Å². The van der Waals surface area contributed by atoms with Crippen molar-refractivity contribution in [3.63, 3.8) is 0 Å². The molecule has 6 rings (SSSR count). The molecule has 0 aromatic carbocycles. The number of carbonyl (C=O) groups excluding carboxylic acids is 8. The Hall–Kier alpha value is -7.18. The van der Waals surface area contributed by atoms with E-state index in [4.69, 9.17) is 68.8 Å². The zero-order valence-corrected chi connectivity index (χ0v) is 57.5. The summed E-state index contributed by atoms with van der Waals surface area (Å²) in [6, 6.07) is -8.28. The fourth-order valence-corrected chi connectivity index (χ4v) is 12.0.